The van der Waals surface area contributed by atoms with Crippen molar-refractivity contribution in [3.8, 4) is 0 Å². The minimum atomic E-state index is -0.504. The highest BCUT2D eigenvalue weighted by molar-refractivity contribution is 14.1. The fourth-order valence-corrected chi connectivity index (χ4v) is 3.28. The second kappa shape index (κ2) is 8.85. The van der Waals surface area contributed by atoms with Crippen molar-refractivity contribution in [2.24, 2.45) is 0 Å². The first-order chi connectivity index (χ1) is 12.6. The molecule has 8 nitrogen and oxygen atoms in total. The van der Waals surface area contributed by atoms with Gasteiger partial charge in [0, 0.05) is 32.2 Å². The zero-order valence-electron chi connectivity index (χ0n) is 16.0. The number of nitro groups is 1. The molecule has 27 heavy (non-hydrogen) atoms. The molecule has 0 aromatic carbocycles. The molecule has 0 atom stereocenters. The monoisotopic (exact) mass is 488 g/mol. The van der Waals surface area contributed by atoms with Gasteiger partial charge in [-0.05, 0) is 49.8 Å². The van der Waals surface area contributed by atoms with Crippen LogP contribution in [0.2, 0.25) is 0 Å². The van der Waals surface area contributed by atoms with Crippen LogP contribution in [0.15, 0.2) is 16.2 Å². The first-order valence-electron chi connectivity index (χ1n) is 8.75. The molecule has 1 aromatic heterocycles. The molecule has 0 bridgehead atoms. The van der Waals surface area contributed by atoms with Crippen LogP contribution >= 0.6 is 22.6 Å². The Bertz CT molecular complexity index is 725. The lowest BCUT2D eigenvalue weighted by Gasteiger charge is -2.37. The summed E-state index contributed by atoms with van der Waals surface area (Å²) >= 11 is 2.01. The molecular weight excluding hydrogens is 463 g/mol. The highest BCUT2D eigenvalue weighted by atomic mass is 127. The molecule has 1 aromatic rings. The Morgan fingerprint density at radius 3 is 2.56 bits per heavy atom. The predicted molar refractivity (Wildman–Crippen MR) is 113 cm³/mol. The lowest BCUT2D eigenvalue weighted by Crippen LogP contribution is -2.47. The van der Waals surface area contributed by atoms with Gasteiger partial charge in [-0.15, -0.1) is 0 Å². The van der Waals surface area contributed by atoms with Gasteiger partial charge < -0.3 is 14.5 Å². The summed E-state index contributed by atoms with van der Waals surface area (Å²) in [4.78, 5) is 31.1. The lowest BCUT2D eigenvalue weighted by atomic mass is 10.0. The van der Waals surface area contributed by atoms with E-state index in [1.807, 2.05) is 55.3 Å². The quantitative estimate of drug-likeness (QED) is 0.358. The number of likely N-dealkylation sites (tertiary alicyclic amines) is 1. The molecule has 9 heteroatoms. The molecule has 0 N–H and O–H groups in total. The molecule has 0 aliphatic carbocycles. The SMILES string of the molecule is CN(c1ccc([N+](=O)[O-])c(/C=C/I)n1)C1CCN(C(=O)OC(C)(C)C)CC1. The number of ether oxygens (including phenoxy) is 1. The molecule has 0 radical (unpaired) electrons. The van der Waals surface area contributed by atoms with Crippen molar-refractivity contribution in [3.63, 3.8) is 0 Å². The molecule has 0 unspecified atom stereocenters. The topological polar surface area (TPSA) is 88.8 Å². The summed E-state index contributed by atoms with van der Waals surface area (Å²) in [6, 6.07) is 3.36. The number of pyridine rings is 1. The van der Waals surface area contributed by atoms with Crippen molar-refractivity contribution in [3.05, 3.63) is 32.0 Å². The van der Waals surface area contributed by atoms with Gasteiger partial charge in [-0.1, -0.05) is 22.6 Å². The largest absolute Gasteiger partial charge is 0.444 e. The molecular formula is C18H25IN4O4. The number of halogens is 1. The van der Waals surface area contributed by atoms with Crippen molar-refractivity contribution in [1.29, 1.82) is 0 Å². The predicted octanol–water partition coefficient (Wildman–Crippen LogP) is 4.23. The van der Waals surface area contributed by atoms with Crippen molar-refractivity contribution in [1.82, 2.24) is 9.88 Å². The molecule has 1 amide bonds. The maximum absolute atomic E-state index is 12.2. The lowest BCUT2D eigenvalue weighted by molar-refractivity contribution is -0.385. The number of rotatable bonds is 4. The normalized spacial score (nSPS) is 15.8. The van der Waals surface area contributed by atoms with E-state index in [0.717, 1.165) is 12.8 Å². The Balaban J connectivity index is 2.05. The molecule has 0 saturated carbocycles. The van der Waals surface area contributed by atoms with Gasteiger partial charge in [0.2, 0.25) is 0 Å². The van der Waals surface area contributed by atoms with E-state index < -0.39 is 10.5 Å². The van der Waals surface area contributed by atoms with Gasteiger partial charge in [0.15, 0.2) is 0 Å². The minimum absolute atomic E-state index is 0.0141. The van der Waals surface area contributed by atoms with E-state index in [9.17, 15) is 14.9 Å². The third-order valence-electron chi connectivity index (χ3n) is 4.33. The van der Waals surface area contributed by atoms with Gasteiger partial charge in [0.25, 0.3) is 5.69 Å². The van der Waals surface area contributed by atoms with Crippen molar-refractivity contribution >= 4 is 46.3 Å². The number of hydrogen-bond acceptors (Lipinski definition) is 6. The van der Waals surface area contributed by atoms with Crippen LogP contribution in [0.3, 0.4) is 0 Å². The van der Waals surface area contributed by atoms with Crippen molar-refractivity contribution in [2.75, 3.05) is 25.0 Å². The van der Waals surface area contributed by atoms with Gasteiger partial charge in [0.1, 0.15) is 17.1 Å². The first-order valence-corrected chi connectivity index (χ1v) is 10.00. The summed E-state index contributed by atoms with van der Waals surface area (Å²) < 4.78 is 7.13. The number of nitrogens with zero attached hydrogens (tertiary/aromatic N) is 4. The molecule has 1 fully saturated rings. The number of carbonyl (C=O) groups is 1. The van der Waals surface area contributed by atoms with Crippen LogP contribution in [0, 0.1) is 10.1 Å². The van der Waals surface area contributed by atoms with Gasteiger partial charge in [0.05, 0.1) is 4.92 Å². The van der Waals surface area contributed by atoms with E-state index in [1.54, 1.807) is 21.1 Å². The molecule has 1 saturated heterocycles. The van der Waals surface area contributed by atoms with Crippen LogP contribution in [0.4, 0.5) is 16.3 Å². The molecule has 1 aliphatic rings. The van der Waals surface area contributed by atoms with Crippen LogP contribution in [0.5, 0.6) is 0 Å². The van der Waals surface area contributed by atoms with Gasteiger partial charge in [-0.2, -0.15) is 0 Å². The van der Waals surface area contributed by atoms with Crippen molar-refractivity contribution < 1.29 is 14.5 Å². The first kappa shape index (κ1) is 21.4. The maximum Gasteiger partial charge on any atom is 0.410 e. The van der Waals surface area contributed by atoms with Crippen molar-refractivity contribution in [2.45, 2.75) is 45.3 Å². The van der Waals surface area contributed by atoms with Gasteiger partial charge in [-0.25, -0.2) is 9.78 Å². The van der Waals surface area contributed by atoms with E-state index >= 15 is 0 Å². The smallest absolute Gasteiger partial charge is 0.410 e. The van der Waals surface area contributed by atoms with Gasteiger partial charge >= 0.3 is 6.09 Å². The van der Waals surface area contributed by atoms with E-state index in [0.29, 0.717) is 24.6 Å². The Morgan fingerprint density at radius 2 is 2.04 bits per heavy atom. The molecule has 2 rings (SSSR count). The fourth-order valence-electron chi connectivity index (χ4n) is 2.94. The fraction of sp³-hybridized carbons (Fsp3) is 0.556. The number of anilines is 1. The minimum Gasteiger partial charge on any atom is -0.444 e. The number of piperidine rings is 1. The van der Waals surface area contributed by atoms with E-state index in [2.05, 4.69) is 4.98 Å². The summed E-state index contributed by atoms with van der Waals surface area (Å²) in [6.07, 6.45) is 2.91. The highest BCUT2D eigenvalue weighted by Gasteiger charge is 2.29. The summed E-state index contributed by atoms with van der Waals surface area (Å²) in [5.41, 5.74) is -0.180. The number of hydrogen-bond donors (Lipinski definition) is 0. The third-order valence-corrected chi connectivity index (χ3v) is 4.69. The number of amides is 1. The zero-order chi connectivity index (χ0) is 20.2. The molecule has 0 spiro atoms. The summed E-state index contributed by atoms with van der Waals surface area (Å²) in [5.74, 6) is 0.681. The third kappa shape index (κ3) is 5.78. The number of aromatic nitrogens is 1. The highest BCUT2D eigenvalue weighted by Crippen LogP contribution is 2.26. The summed E-state index contributed by atoms with van der Waals surface area (Å²) in [5, 5.41) is 11.1. The standard InChI is InChI=1S/C18H25IN4O4/c1-18(2,3)27-17(24)22-11-8-13(9-12-22)21(4)16-6-5-15(23(25)26)14(20-16)7-10-19/h5-7,10,13H,8-9,11-12H2,1-4H3/b10-7+. The van der Waals surface area contributed by atoms with Crippen LogP contribution in [0.1, 0.15) is 39.3 Å². The Morgan fingerprint density at radius 1 is 1.41 bits per heavy atom. The van der Waals surface area contributed by atoms with Gasteiger partial charge in [-0.3, -0.25) is 10.1 Å². The summed E-state index contributed by atoms with van der Waals surface area (Å²) in [7, 11) is 1.93. The average Bonchev–Trinajstić information content (AvgIpc) is 2.60. The molecule has 2 heterocycles. The van der Waals surface area contributed by atoms with Crippen LogP contribution < -0.4 is 4.90 Å². The zero-order valence-corrected chi connectivity index (χ0v) is 18.2. The number of carbonyl (C=O) groups excluding carboxylic acids is 1. The Kier molecular flexibility index (Phi) is 7.01. The Hall–Kier alpha value is -1.91. The molecule has 1 aliphatic heterocycles. The van der Waals surface area contributed by atoms with Crippen LogP contribution in [0.25, 0.3) is 6.08 Å². The molecule has 148 valence electrons. The van der Waals surface area contributed by atoms with E-state index in [1.165, 1.54) is 6.07 Å². The Labute approximate surface area is 172 Å². The van der Waals surface area contributed by atoms with E-state index in [4.69, 9.17) is 4.74 Å². The maximum atomic E-state index is 12.2. The average molecular weight is 488 g/mol. The second-order valence-corrected chi connectivity index (χ2v) is 8.15. The summed E-state index contributed by atoms with van der Waals surface area (Å²) in [6.45, 7) is 6.78. The second-order valence-electron chi connectivity index (χ2n) is 7.43. The van der Waals surface area contributed by atoms with E-state index in [-0.39, 0.29) is 17.8 Å². The van der Waals surface area contributed by atoms with Crippen LogP contribution in [-0.4, -0.2) is 52.7 Å². The van der Waals surface area contributed by atoms with Crippen LogP contribution in [-0.2, 0) is 4.74 Å².